The van der Waals surface area contributed by atoms with Crippen LogP contribution in [-0.2, 0) is 9.59 Å². The molecule has 2 N–H and O–H groups in total. The van der Waals surface area contributed by atoms with Gasteiger partial charge in [-0.25, -0.2) is 9.80 Å². The van der Waals surface area contributed by atoms with E-state index in [-0.39, 0.29) is 11.1 Å². The number of carboxylic acid groups (broad SMARTS) is 1. The Morgan fingerprint density at radius 3 is 2.35 bits per heavy atom. The average molecular weight is 415 g/mol. The molecule has 0 atom stereocenters. The predicted molar refractivity (Wildman–Crippen MR) is 117 cm³/mol. The number of amides is 2. The molecule has 3 aromatic rings. The van der Waals surface area contributed by atoms with Crippen LogP contribution in [0.3, 0.4) is 0 Å². The summed E-state index contributed by atoms with van der Waals surface area (Å²) in [5.74, 6) is -1.85. The van der Waals surface area contributed by atoms with E-state index in [9.17, 15) is 19.5 Å². The van der Waals surface area contributed by atoms with E-state index in [2.05, 4.69) is 5.43 Å². The fourth-order valence-corrected chi connectivity index (χ4v) is 3.82. The van der Waals surface area contributed by atoms with Crippen LogP contribution < -0.4 is 10.4 Å². The van der Waals surface area contributed by atoms with Crippen molar-refractivity contribution in [2.75, 3.05) is 5.01 Å². The highest BCUT2D eigenvalue weighted by atomic mass is 16.4. The standard InChI is InChI=1S/C24H21N3O4/c1-14-11-17(24(30)31)9-10-21(14)26-15(2)12-18(16(26)3)13-20-22(28)25-27(23(20)29)19-7-5-4-6-8-19/h4-13H,1-3H3,(H,25,28)(H,30,31). The van der Waals surface area contributed by atoms with Gasteiger partial charge in [0, 0.05) is 17.1 Å². The van der Waals surface area contributed by atoms with E-state index < -0.39 is 17.8 Å². The molecule has 0 aliphatic carbocycles. The van der Waals surface area contributed by atoms with E-state index in [1.165, 1.54) is 5.01 Å². The lowest BCUT2D eigenvalue weighted by atomic mass is 10.1. The van der Waals surface area contributed by atoms with Gasteiger partial charge in [-0.05, 0) is 74.4 Å². The smallest absolute Gasteiger partial charge is 0.335 e. The normalized spacial score (nSPS) is 14.9. The second-order valence-corrected chi connectivity index (χ2v) is 7.44. The summed E-state index contributed by atoms with van der Waals surface area (Å²) >= 11 is 0. The number of hydrogen-bond acceptors (Lipinski definition) is 3. The fourth-order valence-electron chi connectivity index (χ4n) is 3.82. The highest BCUT2D eigenvalue weighted by molar-refractivity contribution is 6.31. The van der Waals surface area contributed by atoms with Gasteiger partial charge in [0.25, 0.3) is 11.8 Å². The van der Waals surface area contributed by atoms with Crippen molar-refractivity contribution >= 4 is 29.5 Å². The monoisotopic (exact) mass is 415 g/mol. The van der Waals surface area contributed by atoms with E-state index in [1.54, 1.807) is 48.5 Å². The summed E-state index contributed by atoms with van der Waals surface area (Å²) in [6.07, 6.45) is 1.60. The number of carbonyl (C=O) groups excluding carboxylic acids is 2. The Bertz CT molecular complexity index is 1260. The van der Waals surface area contributed by atoms with Crippen LogP contribution in [0.5, 0.6) is 0 Å². The molecule has 7 nitrogen and oxygen atoms in total. The molecule has 0 spiro atoms. The number of aryl methyl sites for hydroxylation is 2. The first kappa shape index (κ1) is 20.2. The summed E-state index contributed by atoms with van der Waals surface area (Å²) in [5.41, 5.74) is 7.62. The zero-order chi connectivity index (χ0) is 22.3. The predicted octanol–water partition coefficient (Wildman–Crippen LogP) is 3.56. The number of rotatable bonds is 4. The maximum atomic E-state index is 12.9. The van der Waals surface area contributed by atoms with E-state index in [1.807, 2.05) is 37.5 Å². The molecule has 7 heteroatoms. The summed E-state index contributed by atoms with van der Waals surface area (Å²) in [6, 6.07) is 15.8. The third-order valence-electron chi connectivity index (χ3n) is 5.36. The largest absolute Gasteiger partial charge is 0.478 e. The Balaban J connectivity index is 1.73. The van der Waals surface area contributed by atoms with Crippen LogP contribution in [0.1, 0.15) is 32.9 Å². The van der Waals surface area contributed by atoms with Crippen LogP contribution in [0.15, 0.2) is 60.2 Å². The Hall–Kier alpha value is -4.13. The average Bonchev–Trinajstić information content (AvgIpc) is 3.18. The van der Waals surface area contributed by atoms with E-state index in [4.69, 9.17) is 0 Å². The van der Waals surface area contributed by atoms with E-state index in [0.29, 0.717) is 5.69 Å². The number of nitrogens with one attached hydrogen (secondary N) is 1. The topological polar surface area (TPSA) is 91.6 Å². The van der Waals surface area contributed by atoms with Crippen LogP contribution in [0.4, 0.5) is 5.69 Å². The molecule has 1 aliphatic rings. The second-order valence-electron chi connectivity index (χ2n) is 7.44. The maximum Gasteiger partial charge on any atom is 0.335 e. The van der Waals surface area contributed by atoms with Gasteiger partial charge in [-0.3, -0.25) is 15.0 Å². The summed E-state index contributed by atoms with van der Waals surface area (Å²) in [7, 11) is 0. The first-order valence-electron chi connectivity index (χ1n) is 9.73. The number of benzene rings is 2. The van der Waals surface area contributed by atoms with Crippen molar-refractivity contribution < 1.29 is 19.5 Å². The first-order valence-corrected chi connectivity index (χ1v) is 9.73. The molecule has 2 heterocycles. The SMILES string of the molecule is Cc1cc(C(=O)O)ccc1-n1c(C)cc(C=C2C(=O)NN(c3ccccc3)C2=O)c1C. The van der Waals surface area contributed by atoms with Crippen LogP contribution in [-0.4, -0.2) is 27.5 Å². The van der Waals surface area contributed by atoms with Gasteiger partial charge in [-0.1, -0.05) is 18.2 Å². The molecule has 1 aromatic heterocycles. The van der Waals surface area contributed by atoms with Crippen LogP contribution in [0.2, 0.25) is 0 Å². The van der Waals surface area contributed by atoms with Gasteiger partial charge in [0.2, 0.25) is 0 Å². The van der Waals surface area contributed by atoms with Crippen molar-refractivity contribution in [3.05, 3.63) is 88.2 Å². The summed E-state index contributed by atoms with van der Waals surface area (Å²) in [5, 5.41) is 10.4. The van der Waals surface area contributed by atoms with Crippen molar-refractivity contribution in [1.29, 1.82) is 0 Å². The van der Waals surface area contributed by atoms with E-state index in [0.717, 1.165) is 28.2 Å². The molecule has 1 fully saturated rings. The second kappa shape index (κ2) is 7.60. The molecule has 0 saturated carbocycles. The number of anilines is 1. The molecule has 2 aromatic carbocycles. The lowest BCUT2D eigenvalue weighted by Gasteiger charge is -2.14. The van der Waals surface area contributed by atoms with Crippen LogP contribution >= 0.6 is 0 Å². The molecule has 4 rings (SSSR count). The summed E-state index contributed by atoms with van der Waals surface area (Å²) in [4.78, 5) is 36.6. The van der Waals surface area contributed by atoms with Crippen LogP contribution in [0.25, 0.3) is 11.8 Å². The molecule has 1 aliphatic heterocycles. The summed E-state index contributed by atoms with van der Waals surface area (Å²) < 4.78 is 1.99. The van der Waals surface area contributed by atoms with Gasteiger partial charge in [-0.15, -0.1) is 0 Å². The summed E-state index contributed by atoms with van der Waals surface area (Å²) in [6.45, 7) is 5.67. The molecule has 0 unspecified atom stereocenters. The molecule has 156 valence electrons. The third-order valence-corrected chi connectivity index (χ3v) is 5.36. The molecule has 0 radical (unpaired) electrons. The van der Waals surface area contributed by atoms with E-state index >= 15 is 0 Å². The minimum atomic E-state index is -0.977. The molecule has 2 amide bonds. The highest BCUT2D eigenvalue weighted by Crippen LogP contribution is 2.27. The number of aromatic carboxylic acids is 1. The molecular weight excluding hydrogens is 394 g/mol. The Morgan fingerprint density at radius 2 is 1.71 bits per heavy atom. The first-order chi connectivity index (χ1) is 14.8. The fraction of sp³-hybridized carbons (Fsp3) is 0.125. The van der Waals surface area contributed by atoms with Gasteiger partial charge >= 0.3 is 5.97 Å². The number of carbonyl (C=O) groups is 3. The number of para-hydroxylation sites is 1. The van der Waals surface area contributed by atoms with Crippen LogP contribution in [0, 0.1) is 20.8 Å². The van der Waals surface area contributed by atoms with Crippen molar-refractivity contribution in [2.24, 2.45) is 0 Å². The zero-order valence-electron chi connectivity index (χ0n) is 17.3. The molecule has 1 saturated heterocycles. The number of hydrogen-bond donors (Lipinski definition) is 2. The van der Waals surface area contributed by atoms with Crippen molar-refractivity contribution in [2.45, 2.75) is 20.8 Å². The zero-order valence-corrected chi connectivity index (χ0v) is 17.3. The number of hydrazine groups is 1. The Kier molecular flexibility index (Phi) is 4.94. The van der Waals surface area contributed by atoms with Gasteiger partial charge in [0.05, 0.1) is 11.3 Å². The Labute approximate surface area is 179 Å². The van der Waals surface area contributed by atoms with Crippen molar-refractivity contribution in [3.8, 4) is 5.69 Å². The molecule has 0 bridgehead atoms. The van der Waals surface area contributed by atoms with Gasteiger partial charge in [0.1, 0.15) is 5.57 Å². The van der Waals surface area contributed by atoms with Crippen molar-refractivity contribution in [1.82, 2.24) is 9.99 Å². The lowest BCUT2D eigenvalue weighted by molar-refractivity contribution is -0.117. The number of aromatic nitrogens is 1. The van der Waals surface area contributed by atoms with Gasteiger partial charge < -0.3 is 9.67 Å². The third kappa shape index (κ3) is 3.50. The molecule has 31 heavy (non-hydrogen) atoms. The number of nitrogens with zero attached hydrogens (tertiary/aromatic N) is 2. The number of carboxylic acids is 1. The Morgan fingerprint density at radius 1 is 1.00 bits per heavy atom. The lowest BCUT2D eigenvalue weighted by Crippen LogP contribution is -2.35. The quantitative estimate of drug-likeness (QED) is 0.503. The van der Waals surface area contributed by atoms with Gasteiger partial charge in [-0.2, -0.15) is 0 Å². The molecular formula is C24H21N3O4. The highest BCUT2D eigenvalue weighted by Gasteiger charge is 2.34. The minimum absolute atomic E-state index is 0.0575. The minimum Gasteiger partial charge on any atom is -0.478 e. The van der Waals surface area contributed by atoms with Gasteiger partial charge in [0.15, 0.2) is 0 Å². The van der Waals surface area contributed by atoms with Crippen molar-refractivity contribution in [3.63, 3.8) is 0 Å². The maximum absolute atomic E-state index is 12.9.